The van der Waals surface area contributed by atoms with Crippen molar-refractivity contribution in [3.8, 4) is 0 Å². The van der Waals surface area contributed by atoms with Crippen molar-refractivity contribution in [2.45, 2.75) is 6.17 Å². The quantitative estimate of drug-likeness (QED) is 0.539. The number of carbonyl (C=O) groups is 1. The molecular formula is C20H13BrClFN2O. The zero-order valence-corrected chi connectivity index (χ0v) is 15.8. The first kappa shape index (κ1) is 17.1. The fraction of sp³-hybridized carbons (Fsp3) is 0.0500. The highest BCUT2D eigenvalue weighted by molar-refractivity contribution is 9.10. The minimum absolute atomic E-state index is 0.0727. The monoisotopic (exact) mass is 430 g/mol. The maximum Gasteiger partial charge on any atom is 0.260 e. The molecule has 3 nitrogen and oxygen atoms in total. The van der Waals surface area contributed by atoms with Crippen LogP contribution in [0.1, 0.15) is 22.1 Å². The second-order valence-electron chi connectivity index (χ2n) is 5.92. The highest BCUT2D eigenvalue weighted by Gasteiger charge is 2.35. The highest BCUT2D eigenvalue weighted by atomic mass is 79.9. The summed E-state index contributed by atoms with van der Waals surface area (Å²) in [5.41, 5.74) is 2.90. The molecule has 26 heavy (non-hydrogen) atoms. The van der Waals surface area contributed by atoms with E-state index in [0.29, 0.717) is 5.56 Å². The average molecular weight is 432 g/mol. The molecule has 0 fully saturated rings. The number of amides is 1. The Morgan fingerprint density at radius 2 is 1.81 bits per heavy atom. The summed E-state index contributed by atoms with van der Waals surface area (Å²) in [6, 6.07) is 19.4. The van der Waals surface area contributed by atoms with E-state index in [1.807, 2.05) is 48.5 Å². The number of hydrogen-bond donors (Lipinski definition) is 1. The van der Waals surface area contributed by atoms with Crippen molar-refractivity contribution >= 4 is 44.8 Å². The van der Waals surface area contributed by atoms with Crippen molar-refractivity contribution < 1.29 is 9.18 Å². The van der Waals surface area contributed by atoms with Crippen molar-refractivity contribution in [2.24, 2.45) is 0 Å². The van der Waals surface area contributed by atoms with E-state index < -0.39 is 5.82 Å². The number of halogens is 3. The summed E-state index contributed by atoms with van der Waals surface area (Å²) in [6.07, 6.45) is -0.364. The number of para-hydroxylation sites is 2. The standard InChI is InChI=1S/C20H13BrClFN2O/c21-14-8-5-12(6-9-14)19-24-17-3-1-2-4-18(17)25(19)20(26)13-7-10-16(23)15(22)11-13/h1-11,19,24H. The lowest BCUT2D eigenvalue weighted by Crippen LogP contribution is -2.34. The van der Waals surface area contributed by atoms with Crippen LogP contribution in [0.2, 0.25) is 5.02 Å². The summed E-state index contributed by atoms with van der Waals surface area (Å²) in [4.78, 5) is 14.9. The van der Waals surface area contributed by atoms with Crippen LogP contribution >= 0.6 is 27.5 Å². The molecule has 0 aromatic heterocycles. The smallest absolute Gasteiger partial charge is 0.260 e. The van der Waals surface area contributed by atoms with Gasteiger partial charge in [0.2, 0.25) is 0 Å². The van der Waals surface area contributed by atoms with Crippen molar-refractivity contribution in [2.75, 3.05) is 10.2 Å². The Labute approximate surface area is 163 Å². The third-order valence-electron chi connectivity index (χ3n) is 4.29. The lowest BCUT2D eigenvalue weighted by molar-refractivity contribution is 0.0981. The molecule has 1 amide bonds. The molecule has 0 bridgehead atoms. The molecule has 0 spiro atoms. The van der Waals surface area contributed by atoms with E-state index in [-0.39, 0.29) is 17.1 Å². The molecule has 130 valence electrons. The Balaban J connectivity index is 1.79. The number of fused-ring (bicyclic) bond motifs is 1. The molecule has 1 atom stereocenters. The number of nitrogens with one attached hydrogen (secondary N) is 1. The first-order valence-electron chi connectivity index (χ1n) is 7.94. The molecule has 1 aliphatic rings. The Hall–Kier alpha value is -2.37. The molecule has 4 rings (SSSR count). The van der Waals surface area contributed by atoms with Crippen molar-refractivity contribution in [3.63, 3.8) is 0 Å². The minimum Gasteiger partial charge on any atom is -0.359 e. The van der Waals surface area contributed by atoms with Gasteiger partial charge in [-0.05, 0) is 48.0 Å². The fourth-order valence-corrected chi connectivity index (χ4v) is 3.47. The number of nitrogens with zero attached hydrogens (tertiary/aromatic N) is 1. The number of rotatable bonds is 2. The molecule has 3 aromatic rings. The predicted molar refractivity (Wildman–Crippen MR) is 105 cm³/mol. The SMILES string of the molecule is O=C(c1ccc(F)c(Cl)c1)N1c2ccccc2NC1c1ccc(Br)cc1. The number of hydrogen-bond acceptors (Lipinski definition) is 2. The van der Waals surface area contributed by atoms with Gasteiger partial charge in [-0.1, -0.05) is 51.8 Å². The number of anilines is 2. The molecule has 1 heterocycles. The van der Waals surface area contributed by atoms with Gasteiger partial charge in [-0.2, -0.15) is 0 Å². The van der Waals surface area contributed by atoms with Crippen molar-refractivity contribution in [1.29, 1.82) is 0 Å². The number of carbonyl (C=O) groups excluding carboxylic acids is 1. The van der Waals surface area contributed by atoms with Gasteiger partial charge in [-0.3, -0.25) is 9.69 Å². The summed E-state index contributed by atoms with van der Waals surface area (Å²) in [7, 11) is 0. The van der Waals surface area contributed by atoms with Crippen molar-refractivity contribution in [3.05, 3.63) is 93.2 Å². The predicted octanol–water partition coefficient (Wildman–Crippen LogP) is 6.01. The van der Waals surface area contributed by atoms with Crippen LogP contribution in [0.15, 0.2) is 71.2 Å². The van der Waals surface area contributed by atoms with Gasteiger partial charge in [0.05, 0.1) is 16.4 Å². The van der Waals surface area contributed by atoms with Gasteiger partial charge in [0, 0.05) is 10.0 Å². The summed E-state index contributed by atoms with van der Waals surface area (Å²) in [5, 5.41) is 3.31. The molecule has 6 heteroatoms. The lowest BCUT2D eigenvalue weighted by atomic mass is 10.1. The van der Waals surface area contributed by atoms with Gasteiger partial charge in [0.1, 0.15) is 12.0 Å². The zero-order valence-electron chi connectivity index (χ0n) is 13.4. The summed E-state index contributed by atoms with van der Waals surface area (Å²) in [6.45, 7) is 0. The van der Waals surface area contributed by atoms with E-state index in [4.69, 9.17) is 11.6 Å². The summed E-state index contributed by atoms with van der Waals surface area (Å²) >= 11 is 9.30. The van der Waals surface area contributed by atoms with Gasteiger partial charge < -0.3 is 5.32 Å². The van der Waals surface area contributed by atoms with E-state index in [0.717, 1.165) is 21.4 Å². The van der Waals surface area contributed by atoms with Crippen LogP contribution in [-0.2, 0) is 0 Å². The van der Waals surface area contributed by atoms with E-state index in [2.05, 4.69) is 21.2 Å². The first-order valence-corrected chi connectivity index (χ1v) is 9.11. The van der Waals surface area contributed by atoms with Crippen LogP contribution < -0.4 is 10.2 Å². The second kappa shape index (κ2) is 6.74. The van der Waals surface area contributed by atoms with Gasteiger partial charge in [-0.25, -0.2) is 4.39 Å². The van der Waals surface area contributed by atoms with E-state index in [1.165, 1.54) is 18.2 Å². The average Bonchev–Trinajstić information content (AvgIpc) is 3.03. The maximum absolute atomic E-state index is 13.5. The Morgan fingerprint density at radius 1 is 1.08 bits per heavy atom. The van der Waals surface area contributed by atoms with Crippen LogP contribution in [0.25, 0.3) is 0 Å². The van der Waals surface area contributed by atoms with E-state index >= 15 is 0 Å². The van der Waals surface area contributed by atoms with Crippen LogP contribution in [0.5, 0.6) is 0 Å². The van der Waals surface area contributed by atoms with Crippen LogP contribution in [0, 0.1) is 5.82 Å². The first-order chi connectivity index (χ1) is 12.5. The van der Waals surface area contributed by atoms with Gasteiger partial charge in [0.15, 0.2) is 0 Å². The van der Waals surface area contributed by atoms with Crippen molar-refractivity contribution in [1.82, 2.24) is 0 Å². The van der Waals surface area contributed by atoms with Crippen LogP contribution in [0.4, 0.5) is 15.8 Å². The molecule has 1 unspecified atom stereocenters. The third-order valence-corrected chi connectivity index (χ3v) is 5.10. The fourth-order valence-electron chi connectivity index (χ4n) is 3.03. The van der Waals surface area contributed by atoms with Gasteiger partial charge in [0.25, 0.3) is 5.91 Å². The zero-order chi connectivity index (χ0) is 18.3. The summed E-state index contributed by atoms with van der Waals surface area (Å²) < 4.78 is 14.4. The molecule has 3 aromatic carbocycles. The van der Waals surface area contributed by atoms with Gasteiger partial charge in [-0.15, -0.1) is 0 Å². The largest absolute Gasteiger partial charge is 0.359 e. The maximum atomic E-state index is 13.5. The normalized spacial score (nSPS) is 15.5. The second-order valence-corrected chi connectivity index (χ2v) is 7.24. The molecule has 1 aliphatic heterocycles. The molecule has 1 N–H and O–H groups in total. The van der Waals surface area contributed by atoms with Crippen LogP contribution in [0.3, 0.4) is 0 Å². The Morgan fingerprint density at radius 3 is 2.54 bits per heavy atom. The molecule has 0 saturated heterocycles. The molecule has 0 saturated carbocycles. The Bertz CT molecular complexity index is 993. The van der Waals surface area contributed by atoms with Gasteiger partial charge >= 0.3 is 0 Å². The molecule has 0 aliphatic carbocycles. The van der Waals surface area contributed by atoms with E-state index in [1.54, 1.807) is 4.90 Å². The highest BCUT2D eigenvalue weighted by Crippen LogP contribution is 2.42. The third kappa shape index (κ3) is 2.97. The molecular weight excluding hydrogens is 419 g/mol. The molecule has 0 radical (unpaired) electrons. The minimum atomic E-state index is -0.548. The lowest BCUT2D eigenvalue weighted by Gasteiger charge is -2.25. The number of benzene rings is 3. The summed E-state index contributed by atoms with van der Waals surface area (Å²) in [5.74, 6) is -0.801. The van der Waals surface area contributed by atoms with E-state index in [9.17, 15) is 9.18 Å². The Kier molecular flexibility index (Phi) is 4.42. The topological polar surface area (TPSA) is 32.3 Å². The van der Waals surface area contributed by atoms with Crippen LogP contribution in [-0.4, -0.2) is 5.91 Å².